The highest BCUT2D eigenvalue weighted by atomic mass is 35.5. The van der Waals surface area contributed by atoms with Crippen LogP contribution >= 0.6 is 11.6 Å². The Balaban J connectivity index is 2.25. The number of hydrogen-bond donors (Lipinski definition) is 1. The summed E-state index contributed by atoms with van der Waals surface area (Å²) in [7, 11) is 0. The third-order valence-corrected chi connectivity index (χ3v) is 3.10. The van der Waals surface area contributed by atoms with Gasteiger partial charge in [-0.05, 0) is 56.3 Å². The quantitative estimate of drug-likeness (QED) is 0.892. The third kappa shape index (κ3) is 3.03. The Morgan fingerprint density at radius 1 is 1.22 bits per heavy atom. The first kappa shape index (κ1) is 12.9. The number of rotatable bonds is 3. The van der Waals surface area contributed by atoms with Crippen molar-refractivity contribution in [2.75, 3.05) is 0 Å². The minimum absolute atomic E-state index is 0.0362. The first-order chi connectivity index (χ1) is 8.56. The Kier molecular flexibility index (Phi) is 3.90. The van der Waals surface area contributed by atoms with Gasteiger partial charge in [-0.25, -0.2) is 0 Å². The molecule has 1 aromatic heterocycles. The molecular formula is C15H16ClNO. The fraction of sp³-hybridized carbons (Fsp3) is 0.200. The Bertz CT molecular complexity index is 552. The molecule has 3 heteroatoms. The zero-order chi connectivity index (χ0) is 13.1. The van der Waals surface area contributed by atoms with Crippen molar-refractivity contribution in [3.63, 3.8) is 0 Å². The average molecular weight is 262 g/mol. The fourth-order valence-corrected chi connectivity index (χ4v) is 1.68. The van der Waals surface area contributed by atoms with Crippen molar-refractivity contribution in [2.45, 2.75) is 19.9 Å². The molecule has 0 saturated carbocycles. The zero-order valence-corrected chi connectivity index (χ0v) is 11.2. The lowest BCUT2D eigenvalue weighted by Gasteiger charge is -2.03. The van der Waals surface area contributed by atoms with Crippen molar-refractivity contribution in [2.24, 2.45) is 5.73 Å². The predicted octanol–water partition coefficient (Wildman–Crippen LogP) is 4.35. The van der Waals surface area contributed by atoms with Crippen LogP contribution in [0.5, 0.6) is 0 Å². The van der Waals surface area contributed by atoms with Crippen molar-refractivity contribution in [1.82, 2.24) is 0 Å². The van der Waals surface area contributed by atoms with Crippen molar-refractivity contribution in [3.8, 4) is 11.3 Å². The molecule has 0 aliphatic carbocycles. The molecule has 0 aliphatic heterocycles. The summed E-state index contributed by atoms with van der Waals surface area (Å²) in [6, 6.07) is 11.5. The number of nitrogens with two attached hydrogens (primary N) is 1. The first-order valence-corrected chi connectivity index (χ1v) is 6.23. The van der Waals surface area contributed by atoms with E-state index in [-0.39, 0.29) is 6.04 Å². The second-order valence-electron chi connectivity index (χ2n) is 4.39. The molecule has 0 radical (unpaired) electrons. The first-order valence-electron chi connectivity index (χ1n) is 5.86. The maximum Gasteiger partial charge on any atom is 0.134 e. The van der Waals surface area contributed by atoms with Crippen LogP contribution in [0.4, 0.5) is 0 Å². The van der Waals surface area contributed by atoms with Gasteiger partial charge >= 0.3 is 0 Å². The molecule has 1 unspecified atom stereocenters. The second-order valence-corrected chi connectivity index (χ2v) is 4.82. The van der Waals surface area contributed by atoms with Crippen LogP contribution in [-0.4, -0.2) is 6.04 Å². The molecule has 1 atom stereocenters. The molecule has 94 valence electrons. The highest BCUT2D eigenvalue weighted by molar-refractivity contribution is 6.30. The van der Waals surface area contributed by atoms with Crippen LogP contribution in [0.3, 0.4) is 0 Å². The van der Waals surface area contributed by atoms with E-state index >= 15 is 0 Å². The predicted molar refractivity (Wildman–Crippen MR) is 76.5 cm³/mol. The number of benzene rings is 1. The smallest absolute Gasteiger partial charge is 0.134 e. The van der Waals surface area contributed by atoms with Crippen molar-refractivity contribution >= 4 is 17.7 Å². The Morgan fingerprint density at radius 2 is 1.89 bits per heavy atom. The van der Waals surface area contributed by atoms with Crippen molar-refractivity contribution in [1.29, 1.82) is 0 Å². The maximum absolute atomic E-state index is 5.85. The lowest BCUT2D eigenvalue weighted by Crippen LogP contribution is -2.15. The van der Waals surface area contributed by atoms with Gasteiger partial charge in [0.25, 0.3) is 0 Å². The van der Waals surface area contributed by atoms with E-state index in [1.807, 2.05) is 56.3 Å². The number of halogens is 1. The van der Waals surface area contributed by atoms with Gasteiger partial charge in [-0.1, -0.05) is 17.2 Å². The minimum Gasteiger partial charge on any atom is -0.457 e. The van der Waals surface area contributed by atoms with Crippen LogP contribution in [0.1, 0.15) is 19.6 Å². The van der Waals surface area contributed by atoms with Gasteiger partial charge in [-0.3, -0.25) is 0 Å². The summed E-state index contributed by atoms with van der Waals surface area (Å²) < 4.78 is 5.76. The summed E-state index contributed by atoms with van der Waals surface area (Å²) in [4.78, 5) is 0. The third-order valence-electron chi connectivity index (χ3n) is 2.84. The molecule has 0 amide bonds. The van der Waals surface area contributed by atoms with Gasteiger partial charge in [0, 0.05) is 16.6 Å². The average Bonchev–Trinajstić information content (AvgIpc) is 2.78. The number of furan rings is 1. The molecule has 0 bridgehead atoms. The molecule has 18 heavy (non-hydrogen) atoms. The lowest BCUT2D eigenvalue weighted by molar-refractivity contribution is 0.570. The molecule has 0 aliphatic rings. The molecule has 0 fully saturated rings. The monoisotopic (exact) mass is 261 g/mol. The molecule has 0 spiro atoms. The summed E-state index contributed by atoms with van der Waals surface area (Å²) >= 11 is 5.85. The molecule has 2 aromatic rings. The summed E-state index contributed by atoms with van der Waals surface area (Å²) in [5, 5.41) is 0.721. The summed E-state index contributed by atoms with van der Waals surface area (Å²) in [6.45, 7) is 3.95. The van der Waals surface area contributed by atoms with Gasteiger partial charge < -0.3 is 10.2 Å². The summed E-state index contributed by atoms with van der Waals surface area (Å²) in [5.74, 6) is 1.64. The lowest BCUT2D eigenvalue weighted by atomic mass is 10.1. The highest BCUT2D eigenvalue weighted by Gasteiger charge is 2.04. The molecule has 2 rings (SSSR count). The van der Waals surface area contributed by atoms with Gasteiger partial charge in [0.15, 0.2) is 0 Å². The molecule has 2 N–H and O–H groups in total. The molecular weight excluding hydrogens is 246 g/mol. The Labute approximate surface area is 112 Å². The van der Waals surface area contributed by atoms with Gasteiger partial charge in [0.05, 0.1) is 0 Å². The largest absolute Gasteiger partial charge is 0.457 e. The van der Waals surface area contributed by atoms with E-state index in [0.29, 0.717) is 0 Å². The number of hydrogen-bond acceptors (Lipinski definition) is 2. The van der Waals surface area contributed by atoms with Crippen LogP contribution < -0.4 is 5.73 Å². The van der Waals surface area contributed by atoms with E-state index < -0.39 is 0 Å². The van der Waals surface area contributed by atoms with Crippen LogP contribution in [-0.2, 0) is 0 Å². The molecule has 2 nitrogen and oxygen atoms in total. The van der Waals surface area contributed by atoms with Crippen LogP contribution in [0, 0.1) is 0 Å². The topological polar surface area (TPSA) is 39.2 Å². The van der Waals surface area contributed by atoms with Gasteiger partial charge in [0.1, 0.15) is 11.5 Å². The molecule has 1 heterocycles. The van der Waals surface area contributed by atoms with Gasteiger partial charge in [0.2, 0.25) is 0 Å². The SMILES string of the molecule is C/C(=C\c1ccc(-c2ccc(Cl)cc2)o1)C(C)N. The van der Waals surface area contributed by atoms with Crippen LogP contribution in [0.2, 0.25) is 5.02 Å². The van der Waals surface area contributed by atoms with E-state index in [1.165, 1.54) is 0 Å². The standard InChI is InChI=1S/C15H16ClNO/c1-10(11(2)17)9-14-7-8-15(18-14)12-3-5-13(16)6-4-12/h3-9,11H,17H2,1-2H3/b10-9+. The van der Waals surface area contributed by atoms with Crippen molar-refractivity contribution in [3.05, 3.63) is 52.8 Å². The summed E-state index contributed by atoms with van der Waals surface area (Å²) in [5.41, 5.74) is 7.90. The Hall–Kier alpha value is -1.51. The van der Waals surface area contributed by atoms with Crippen LogP contribution in [0.15, 0.2) is 46.4 Å². The van der Waals surface area contributed by atoms with E-state index in [9.17, 15) is 0 Å². The maximum atomic E-state index is 5.85. The highest BCUT2D eigenvalue weighted by Crippen LogP contribution is 2.24. The van der Waals surface area contributed by atoms with Crippen molar-refractivity contribution < 1.29 is 4.42 Å². The van der Waals surface area contributed by atoms with E-state index in [2.05, 4.69) is 0 Å². The normalized spacial score (nSPS) is 13.7. The summed E-state index contributed by atoms with van der Waals surface area (Å²) in [6.07, 6.45) is 1.96. The Morgan fingerprint density at radius 3 is 2.50 bits per heavy atom. The minimum atomic E-state index is 0.0362. The van der Waals surface area contributed by atoms with Gasteiger partial charge in [-0.15, -0.1) is 0 Å². The second kappa shape index (κ2) is 5.42. The molecule has 1 aromatic carbocycles. The zero-order valence-electron chi connectivity index (χ0n) is 10.5. The van der Waals surface area contributed by atoms with Gasteiger partial charge in [-0.2, -0.15) is 0 Å². The van der Waals surface area contributed by atoms with Crippen LogP contribution in [0.25, 0.3) is 17.4 Å². The van der Waals surface area contributed by atoms with E-state index in [4.69, 9.17) is 21.8 Å². The molecule has 0 saturated heterocycles. The van der Waals surface area contributed by atoms with E-state index in [0.717, 1.165) is 27.7 Å². The van der Waals surface area contributed by atoms with E-state index in [1.54, 1.807) is 0 Å². The fourth-order valence-electron chi connectivity index (χ4n) is 1.56.